The third kappa shape index (κ3) is 3.29. The summed E-state index contributed by atoms with van der Waals surface area (Å²) in [6.07, 6.45) is 13.5. The first-order valence-electron chi connectivity index (χ1n) is 12.4. The van der Waals surface area contributed by atoms with Crippen LogP contribution in [0.25, 0.3) is 0 Å². The summed E-state index contributed by atoms with van der Waals surface area (Å²) >= 11 is 0. The summed E-state index contributed by atoms with van der Waals surface area (Å²) in [4.78, 5) is 24.7. The van der Waals surface area contributed by atoms with E-state index in [1.54, 1.807) is 12.1 Å². The molecule has 1 aromatic rings. The van der Waals surface area contributed by atoms with Crippen LogP contribution in [0.5, 0.6) is 0 Å². The van der Waals surface area contributed by atoms with Crippen LogP contribution in [0.1, 0.15) is 76.7 Å². The number of hydrogen-bond acceptors (Lipinski definition) is 2. The topological polar surface area (TPSA) is 46.2 Å². The fraction of sp³-hybridized carbons (Fsp3) is 0.517. The van der Waals surface area contributed by atoms with E-state index in [2.05, 4.69) is 18.2 Å². The molecule has 0 radical (unpaired) electrons. The van der Waals surface area contributed by atoms with E-state index in [0.717, 1.165) is 30.4 Å². The minimum absolute atomic E-state index is 0.0620. The number of benzene rings is 1. The lowest BCUT2D eigenvalue weighted by Gasteiger charge is -2.55. The van der Waals surface area contributed by atoms with Crippen molar-refractivity contribution in [2.75, 3.05) is 0 Å². The Morgan fingerprint density at radius 1 is 1.21 bits per heavy atom. The number of ketones is 1. The third-order valence-electron chi connectivity index (χ3n) is 9.20. The summed E-state index contributed by atoms with van der Waals surface area (Å²) in [7, 11) is 0. The van der Waals surface area contributed by atoms with Crippen LogP contribution in [0.2, 0.25) is 0 Å². The van der Waals surface area contributed by atoms with Gasteiger partial charge in [-0.1, -0.05) is 31.4 Å². The van der Waals surface area contributed by atoms with Crippen LogP contribution < -0.4 is 5.32 Å². The molecule has 0 aromatic heterocycles. The van der Waals surface area contributed by atoms with E-state index in [1.165, 1.54) is 23.3 Å². The smallest absolute Gasteiger partial charge is 0.220 e. The second-order valence-electron chi connectivity index (χ2n) is 10.7. The van der Waals surface area contributed by atoms with Crippen LogP contribution in [0.4, 0.5) is 8.78 Å². The number of fused-ring (bicyclic) bond motifs is 4. The van der Waals surface area contributed by atoms with Crippen LogP contribution >= 0.6 is 0 Å². The lowest BCUT2D eigenvalue weighted by Crippen LogP contribution is -2.59. The maximum atomic E-state index is 14.4. The van der Waals surface area contributed by atoms with Crippen molar-refractivity contribution < 1.29 is 18.4 Å². The average molecular weight is 464 g/mol. The molecule has 4 aliphatic rings. The molecule has 5 heteroatoms. The fourth-order valence-corrected chi connectivity index (χ4v) is 7.52. The molecule has 3 nitrogen and oxygen atoms in total. The fourth-order valence-electron chi connectivity index (χ4n) is 7.52. The lowest BCUT2D eigenvalue weighted by atomic mass is 9.50. The first-order valence-corrected chi connectivity index (χ1v) is 12.4. The van der Waals surface area contributed by atoms with Crippen molar-refractivity contribution >= 4 is 11.7 Å². The highest BCUT2D eigenvalue weighted by atomic mass is 19.2. The second-order valence-corrected chi connectivity index (χ2v) is 10.7. The largest absolute Gasteiger partial charge is 0.339 e. The van der Waals surface area contributed by atoms with Crippen molar-refractivity contribution in [3.8, 4) is 12.3 Å². The minimum Gasteiger partial charge on any atom is -0.339 e. The summed E-state index contributed by atoms with van der Waals surface area (Å²) < 4.78 is 28.3. The molecular weight excluding hydrogens is 432 g/mol. The van der Waals surface area contributed by atoms with E-state index in [-0.39, 0.29) is 34.9 Å². The van der Waals surface area contributed by atoms with Crippen LogP contribution in [0, 0.1) is 41.2 Å². The highest BCUT2D eigenvalue weighted by Gasteiger charge is 2.63. The van der Waals surface area contributed by atoms with Crippen molar-refractivity contribution in [2.24, 2.45) is 17.3 Å². The molecule has 2 unspecified atom stereocenters. The highest BCUT2D eigenvalue weighted by Crippen LogP contribution is 2.66. The Labute approximate surface area is 200 Å². The third-order valence-corrected chi connectivity index (χ3v) is 9.20. The number of amides is 1. The van der Waals surface area contributed by atoms with Gasteiger partial charge in [-0.2, -0.15) is 0 Å². The molecule has 5 rings (SSSR count). The molecule has 0 heterocycles. The van der Waals surface area contributed by atoms with E-state index >= 15 is 0 Å². The van der Waals surface area contributed by atoms with Crippen molar-refractivity contribution in [2.45, 2.75) is 76.7 Å². The molecule has 2 saturated carbocycles. The summed E-state index contributed by atoms with van der Waals surface area (Å²) in [6, 6.07) is 4.20. The molecule has 1 aromatic carbocycles. The predicted molar refractivity (Wildman–Crippen MR) is 127 cm³/mol. The monoisotopic (exact) mass is 463 g/mol. The molecule has 1 amide bonds. The molecule has 34 heavy (non-hydrogen) atoms. The number of carbonyl (C=O) groups excluding carboxylic acids is 2. The number of hydrogen-bond donors (Lipinski definition) is 1. The zero-order valence-corrected chi connectivity index (χ0v) is 19.8. The van der Waals surface area contributed by atoms with Gasteiger partial charge in [-0.05, 0) is 85.3 Å². The Morgan fingerprint density at radius 2 is 2.00 bits per heavy atom. The number of rotatable bonds is 3. The Balaban J connectivity index is 1.69. The van der Waals surface area contributed by atoms with Crippen molar-refractivity contribution in [3.63, 3.8) is 0 Å². The highest BCUT2D eigenvalue weighted by molar-refractivity contribution is 5.93. The number of terminal acetylenes is 1. The van der Waals surface area contributed by atoms with Crippen LogP contribution in [-0.2, 0) is 9.59 Å². The van der Waals surface area contributed by atoms with Gasteiger partial charge in [0.2, 0.25) is 5.91 Å². The molecule has 0 spiro atoms. The normalized spacial score (nSPS) is 34.5. The molecule has 1 N–H and O–H groups in total. The summed E-state index contributed by atoms with van der Waals surface area (Å²) in [5.41, 5.74) is 3.22. The van der Waals surface area contributed by atoms with Crippen molar-refractivity contribution in [1.82, 2.24) is 5.32 Å². The van der Waals surface area contributed by atoms with Gasteiger partial charge in [0.15, 0.2) is 17.4 Å². The lowest BCUT2D eigenvalue weighted by molar-refractivity contribution is -0.123. The summed E-state index contributed by atoms with van der Waals surface area (Å²) in [5.74, 6) is 1.76. The maximum absolute atomic E-state index is 14.4. The van der Waals surface area contributed by atoms with Crippen molar-refractivity contribution in [1.29, 1.82) is 0 Å². The van der Waals surface area contributed by atoms with Gasteiger partial charge >= 0.3 is 0 Å². The summed E-state index contributed by atoms with van der Waals surface area (Å²) in [5, 5.41) is 3.20. The standard InChI is InChI=1S/C29H31F2NO2/c1-4-26(34)32-29(5-2)13-12-23-21-9-6-17-14-19(33)8-10-20(17)27(21)22(16-28(23,29)3)18-7-11-24(30)25(31)15-18/h2,7,11,14-15,21-23H,4,6,8-10,12-13,16H2,1,3H3,(H,32,34)/t21?,22-,23?,28+,29+/m1/s1. The second kappa shape index (κ2) is 8.18. The SMILES string of the molecule is C#C[C@]1(NC(=O)CC)CCC2C3CCC4=CC(=O)CCC4=C3[C@@H](c3ccc(F)c(F)c3)C[C@@]21C. The van der Waals surface area contributed by atoms with E-state index in [9.17, 15) is 18.4 Å². The maximum Gasteiger partial charge on any atom is 0.220 e. The van der Waals surface area contributed by atoms with Crippen LogP contribution in [0.15, 0.2) is 41.0 Å². The number of nitrogens with one attached hydrogen (secondary N) is 1. The molecule has 178 valence electrons. The molecular formula is C29H31F2NO2. The van der Waals surface area contributed by atoms with E-state index in [1.807, 2.05) is 6.92 Å². The Kier molecular flexibility index (Phi) is 5.54. The van der Waals surface area contributed by atoms with Gasteiger partial charge in [0.25, 0.3) is 0 Å². The molecule has 2 fully saturated rings. The average Bonchev–Trinajstić information content (AvgIpc) is 3.11. The predicted octanol–water partition coefficient (Wildman–Crippen LogP) is 5.76. The first kappa shape index (κ1) is 23.0. The van der Waals surface area contributed by atoms with Gasteiger partial charge in [0.1, 0.15) is 5.54 Å². The van der Waals surface area contributed by atoms with Gasteiger partial charge in [0.05, 0.1) is 0 Å². The van der Waals surface area contributed by atoms with Gasteiger partial charge in [-0.3, -0.25) is 9.59 Å². The molecule has 0 aliphatic heterocycles. The first-order chi connectivity index (χ1) is 16.2. The van der Waals surface area contributed by atoms with Crippen LogP contribution in [-0.4, -0.2) is 17.2 Å². The number of allylic oxidation sites excluding steroid dienone is 4. The van der Waals surface area contributed by atoms with E-state index < -0.39 is 17.2 Å². The van der Waals surface area contributed by atoms with Gasteiger partial charge in [-0.25, -0.2) is 8.78 Å². The minimum atomic E-state index is -0.862. The number of halogens is 2. The zero-order chi connectivity index (χ0) is 24.3. The Morgan fingerprint density at radius 3 is 2.71 bits per heavy atom. The van der Waals surface area contributed by atoms with Gasteiger partial charge < -0.3 is 5.32 Å². The van der Waals surface area contributed by atoms with Gasteiger partial charge in [0, 0.05) is 24.2 Å². The molecule has 0 saturated heterocycles. The number of carbonyl (C=O) groups is 2. The quantitative estimate of drug-likeness (QED) is 0.579. The van der Waals surface area contributed by atoms with Crippen molar-refractivity contribution in [3.05, 3.63) is 58.2 Å². The van der Waals surface area contributed by atoms with Gasteiger partial charge in [-0.15, -0.1) is 6.42 Å². The zero-order valence-electron chi connectivity index (χ0n) is 19.8. The van der Waals surface area contributed by atoms with E-state index in [4.69, 9.17) is 6.42 Å². The Bertz CT molecular complexity index is 1180. The molecule has 0 bridgehead atoms. The van der Waals surface area contributed by atoms with E-state index in [0.29, 0.717) is 32.1 Å². The molecule has 5 atom stereocenters. The Hall–Kier alpha value is -2.74. The van der Waals surface area contributed by atoms with Crippen LogP contribution in [0.3, 0.4) is 0 Å². The summed E-state index contributed by atoms with van der Waals surface area (Å²) in [6.45, 7) is 4.01. The molecule has 4 aliphatic carbocycles.